The largest absolute Gasteiger partial charge is 0.481 e. The van der Waals surface area contributed by atoms with Gasteiger partial charge < -0.3 is 5.11 Å². The fourth-order valence-corrected chi connectivity index (χ4v) is 2.85. The van der Waals surface area contributed by atoms with Gasteiger partial charge in [-0.25, -0.2) is 0 Å². The zero-order valence-electron chi connectivity index (χ0n) is 11.4. The molecule has 16 heavy (non-hydrogen) atoms. The Morgan fingerprint density at radius 1 is 1.12 bits per heavy atom. The van der Waals surface area contributed by atoms with Gasteiger partial charge in [-0.2, -0.15) is 0 Å². The molecule has 0 aliphatic heterocycles. The van der Waals surface area contributed by atoms with Gasteiger partial charge >= 0.3 is 5.97 Å². The van der Waals surface area contributed by atoms with Crippen molar-refractivity contribution >= 4 is 5.97 Å². The zero-order chi connectivity index (χ0) is 12.6. The summed E-state index contributed by atoms with van der Waals surface area (Å²) in [5.41, 5.74) is -0.460. The van der Waals surface area contributed by atoms with Crippen molar-refractivity contribution in [3.63, 3.8) is 0 Å². The highest BCUT2D eigenvalue weighted by atomic mass is 16.4. The van der Waals surface area contributed by atoms with Crippen LogP contribution in [0.5, 0.6) is 0 Å². The molecule has 0 aromatic heterocycles. The minimum absolute atomic E-state index is 0.460. The second kappa shape index (κ2) is 7.70. The van der Waals surface area contributed by atoms with Crippen molar-refractivity contribution in [1.29, 1.82) is 0 Å². The normalized spacial score (nSPS) is 13.8. The molecule has 0 radical (unpaired) electrons. The van der Waals surface area contributed by atoms with Crippen LogP contribution in [0, 0.1) is 11.3 Å². The molecule has 0 amide bonds. The van der Waals surface area contributed by atoms with Crippen molar-refractivity contribution in [2.24, 2.45) is 11.3 Å². The van der Waals surface area contributed by atoms with Crippen LogP contribution in [0.1, 0.15) is 72.6 Å². The zero-order valence-corrected chi connectivity index (χ0v) is 11.4. The third-order valence-electron chi connectivity index (χ3n) is 3.43. The van der Waals surface area contributed by atoms with E-state index in [1.54, 1.807) is 0 Å². The topological polar surface area (TPSA) is 37.3 Å². The van der Waals surface area contributed by atoms with Crippen LogP contribution < -0.4 is 0 Å². The molecule has 0 aromatic rings. The lowest BCUT2D eigenvalue weighted by molar-refractivity contribution is -0.151. The molecule has 0 fully saturated rings. The van der Waals surface area contributed by atoms with E-state index in [0.717, 1.165) is 44.9 Å². The lowest BCUT2D eigenvalue weighted by Gasteiger charge is -2.31. The molecule has 96 valence electrons. The van der Waals surface area contributed by atoms with Crippen molar-refractivity contribution in [1.82, 2.24) is 0 Å². The van der Waals surface area contributed by atoms with Crippen LogP contribution in [0.4, 0.5) is 0 Å². The van der Waals surface area contributed by atoms with Crippen molar-refractivity contribution in [3.05, 3.63) is 0 Å². The van der Waals surface area contributed by atoms with Crippen molar-refractivity contribution in [3.8, 4) is 0 Å². The van der Waals surface area contributed by atoms with E-state index in [9.17, 15) is 9.90 Å². The summed E-state index contributed by atoms with van der Waals surface area (Å²) in [6, 6.07) is 0. The molecular formula is C14H28O2. The Balaban J connectivity index is 4.66. The van der Waals surface area contributed by atoms with Gasteiger partial charge in [0.15, 0.2) is 0 Å². The first-order valence-corrected chi connectivity index (χ1v) is 6.75. The first-order chi connectivity index (χ1) is 7.52. The molecular weight excluding hydrogens is 200 g/mol. The van der Waals surface area contributed by atoms with Crippen LogP contribution in [0.15, 0.2) is 0 Å². The second-order valence-corrected chi connectivity index (χ2v) is 5.18. The number of carbonyl (C=O) groups is 1. The highest BCUT2D eigenvalue weighted by Crippen LogP contribution is 2.38. The minimum Gasteiger partial charge on any atom is -0.481 e. The van der Waals surface area contributed by atoms with Crippen molar-refractivity contribution in [2.75, 3.05) is 0 Å². The summed E-state index contributed by atoms with van der Waals surface area (Å²) < 4.78 is 0. The van der Waals surface area contributed by atoms with E-state index in [4.69, 9.17) is 0 Å². The van der Waals surface area contributed by atoms with Gasteiger partial charge in [-0.1, -0.05) is 53.4 Å². The standard InChI is InChI=1S/C14H28O2/c1-5-8-12(4)11-14(9-6-2,10-7-3)13(15)16/h12H,5-11H2,1-4H3,(H,15,16). The molecule has 1 N–H and O–H groups in total. The van der Waals surface area contributed by atoms with Gasteiger partial charge in [-0.05, 0) is 25.2 Å². The SMILES string of the molecule is CCCC(C)CC(CCC)(CCC)C(=O)O. The van der Waals surface area contributed by atoms with Gasteiger partial charge in [0, 0.05) is 0 Å². The van der Waals surface area contributed by atoms with Crippen molar-refractivity contribution in [2.45, 2.75) is 72.6 Å². The number of hydrogen-bond donors (Lipinski definition) is 1. The van der Waals surface area contributed by atoms with E-state index in [1.165, 1.54) is 0 Å². The third-order valence-corrected chi connectivity index (χ3v) is 3.43. The van der Waals surface area contributed by atoms with Crippen LogP contribution in [0.25, 0.3) is 0 Å². The average Bonchev–Trinajstić information content (AvgIpc) is 2.18. The predicted octanol–water partition coefficient (Wildman–Crippen LogP) is 4.48. The smallest absolute Gasteiger partial charge is 0.309 e. The molecule has 0 bridgehead atoms. The number of hydrogen-bond acceptors (Lipinski definition) is 1. The number of carboxylic acids is 1. The van der Waals surface area contributed by atoms with Gasteiger partial charge in [0.25, 0.3) is 0 Å². The van der Waals surface area contributed by atoms with E-state index >= 15 is 0 Å². The highest BCUT2D eigenvalue weighted by molar-refractivity contribution is 5.74. The number of rotatable bonds is 9. The molecule has 2 heteroatoms. The maximum Gasteiger partial charge on any atom is 0.309 e. The van der Waals surface area contributed by atoms with Gasteiger partial charge in [-0.3, -0.25) is 4.79 Å². The van der Waals surface area contributed by atoms with E-state index in [2.05, 4.69) is 27.7 Å². The Labute approximate surface area is 100 Å². The first-order valence-electron chi connectivity index (χ1n) is 6.75. The summed E-state index contributed by atoms with van der Waals surface area (Å²) in [5.74, 6) is -0.0571. The monoisotopic (exact) mass is 228 g/mol. The van der Waals surface area contributed by atoms with Gasteiger partial charge in [-0.15, -0.1) is 0 Å². The van der Waals surface area contributed by atoms with Crippen LogP contribution in [-0.4, -0.2) is 11.1 Å². The fraction of sp³-hybridized carbons (Fsp3) is 0.929. The number of carboxylic acid groups (broad SMARTS) is 1. The van der Waals surface area contributed by atoms with Gasteiger partial charge in [0.05, 0.1) is 5.41 Å². The Morgan fingerprint density at radius 3 is 1.94 bits per heavy atom. The van der Waals surface area contributed by atoms with Crippen LogP contribution in [0.2, 0.25) is 0 Å². The van der Waals surface area contributed by atoms with Crippen molar-refractivity contribution < 1.29 is 9.90 Å². The second-order valence-electron chi connectivity index (χ2n) is 5.18. The van der Waals surface area contributed by atoms with Crippen LogP contribution in [0.3, 0.4) is 0 Å². The Morgan fingerprint density at radius 2 is 1.62 bits per heavy atom. The molecule has 1 unspecified atom stereocenters. The molecule has 0 aliphatic rings. The van der Waals surface area contributed by atoms with Gasteiger partial charge in [0.1, 0.15) is 0 Å². The molecule has 0 saturated heterocycles. The van der Waals surface area contributed by atoms with Crippen LogP contribution >= 0.6 is 0 Å². The van der Waals surface area contributed by atoms with E-state index in [0.29, 0.717) is 5.92 Å². The predicted molar refractivity (Wildman–Crippen MR) is 68.6 cm³/mol. The summed E-state index contributed by atoms with van der Waals surface area (Å²) in [5, 5.41) is 9.50. The lowest BCUT2D eigenvalue weighted by atomic mass is 9.72. The molecule has 2 nitrogen and oxygen atoms in total. The summed E-state index contributed by atoms with van der Waals surface area (Å²) >= 11 is 0. The lowest BCUT2D eigenvalue weighted by Crippen LogP contribution is -2.33. The maximum absolute atomic E-state index is 11.5. The fourth-order valence-electron chi connectivity index (χ4n) is 2.85. The summed E-state index contributed by atoms with van der Waals surface area (Å²) in [6.45, 7) is 8.51. The Kier molecular flexibility index (Phi) is 7.44. The molecule has 0 heterocycles. The summed E-state index contributed by atoms with van der Waals surface area (Å²) in [7, 11) is 0. The van der Waals surface area contributed by atoms with E-state index in [-0.39, 0.29) is 0 Å². The minimum atomic E-state index is -0.584. The molecule has 0 rings (SSSR count). The Hall–Kier alpha value is -0.530. The molecule has 0 saturated carbocycles. The van der Waals surface area contributed by atoms with Crippen LogP contribution in [-0.2, 0) is 4.79 Å². The first kappa shape index (κ1) is 15.5. The molecule has 0 aliphatic carbocycles. The summed E-state index contributed by atoms with van der Waals surface area (Å²) in [6.07, 6.45) is 6.71. The molecule has 0 spiro atoms. The van der Waals surface area contributed by atoms with E-state index < -0.39 is 11.4 Å². The quantitative estimate of drug-likeness (QED) is 0.631. The average molecular weight is 228 g/mol. The third kappa shape index (κ3) is 4.54. The highest BCUT2D eigenvalue weighted by Gasteiger charge is 2.37. The maximum atomic E-state index is 11.5. The number of aliphatic carboxylic acids is 1. The van der Waals surface area contributed by atoms with Gasteiger partial charge in [0.2, 0.25) is 0 Å². The molecule has 0 aromatic carbocycles. The molecule has 1 atom stereocenters. The summed E-state index contributed by atoms with van der Waals surface area (Å²) in [4.78, 5) is 11.5. The Bertz CT molecular complexity index is 193. The van der Waals surface area contributed by atoms with E-state index in [1.807, 2.05) is 0 Å².